The number of rotatable bonds is 1. The smallest absolute Gasteiger partial charge is 0.262 e. The summed E-state index contributed by atoms with van der Waals surface area (Å²) in [6, 6.07) is 5.67. The molecule has 2 atom stereocenters. The fraction of sp³-hybridized carbons (Fsp3) is 0.467. The average Bonchev–Trinajstić information content (AvgIpc) is 3.08. The molecule has 5 nitrogen and oxygen atoms in total. The van der Waals surface area contributed by atoms with Crippen molar-refractivity contribution in [1.82, 2.24) is 4.90 Å². The second-order valence-electron chi connectivity index (χ2n) is 5.84. The SMILES string of the molecule is O=C1COc2cc(C(=O)N3CC4CCC3C4)ccc2N1. The first-order valence-electron chi connectivity index (χ1n) is 7.08. The summed E-state index contributed by atoms with van der Waals surface area (Å²) in [5.41, 5.74) is 1.29. The maximum atomic E-state index is 12.6. The Balaban J connectivity index is 1.59. The molecule has 1 aliphatic carbocycles. The van der Waals surface area contributed by atoms with E-state index < -0.39 is 0 Å². The van der Waals surface area contributed by atoms with Gasteiger partial charge >= 0.3 is 0 Å². The molecule has 1 saturated carbocycles. The van der Waals surface area contributed by atoms with Crippen molar-refractivity contribution < 1.29 is 14.3 Å². The summed E-state index contributed by atoms with van der Waals surface area (Å²) in [6.45, 7) is 0.900. The fourth-order valence-electron chi connectivity index (χ4n) is 3.55. The summed E-state index contributed by atoms with van der Waals surface area (Å²) in [6.07, 6.45) is 3.55. The Morgan fingerprint density at radius 2 is 2.25 bits per heavy atom. The zero-order chi connectivity index (χ0) is 13.7. The number of hydrogen-bond donors (Lipinski definition) is 1. The van der Waals surface area contributed by atoms with Crippen molar-refractivity contribution in [1.29, 1.82) is 0 Å². The number of likely N-dealkylation sites (tertiary alicyclic amines) is 1. The van der Waals surface area contributed by atoms with Crippen molar-refractivity contribution in [3.63, 3.8) is 0 Å². The van der Waals surface area contributed by atoms with Crippen LogP contribution in [0.4, 0.5) is 5.69 Å². The van der Waals surface area contributed by atoms with Gasteiger partial charge in [-0.15, -0.1) is 0 Å². The number of nitrogens with zero attached hydrogens (tertiary/aromatic N) is 1. The van der Waals surface area contributed by atoms with Gasteiger partial charge < -0.3 is 15.0 Å². The van der Waals surface area contributed by atoms with Gasteiger partial charge in [0.25, 0.3) is 11.8 Å². The van der Waals surface area contributed by atoms with E-state index in [2.05, 4.69) is 5.32 Å². The highest BCUT2D eigenvalue weighted by Gasteiger charge is 2.40. The molecule has 2 bridgehead atoms. The number of piperidine rings is 1. The van der Waals surface area contributed by atoms with Gasteiger partial charge in [0, 0.05) is 18.2 Å². The monoisotopic (exact) mass is 272 g/mol. The van der Waals surface area contributed by atoms with Crippen LogP contribution in [-0.2, 0) is 4.79 Å². The first kappa shape index (κ1) is 11.8. The molecule has 1 saturated heterocycles. The third-order valence-corrected chi connectivity index (χ3v) is 4.53. The van der Waals surface area contributed by atoms with Gasteiger partial charge in [-0.2, -0.15) is 0 Å². The highest BCUT2D eigenvalue weighted by atomic mass is 16.5. The van der Waals surface area contributed by atoms with E-state index in [0.717, 1.165) is 19.4 Å². The third-order valence-electron chi connectivity index (χ3n) is 4.53. The molecule has 1 aromatic rings. The van der Waals surface area contributed by atoms with Gasteiger partial charge in [0.05, 0.1) is 5.69 Å². The molecule has 2 aliphatic heterocycles. The highest BCUT2D eigenvalue weighted by molar-refractivity contribution is 5.99. The number of carbonyl (C=O) groups excluding carboxylic acids is 2. The molecule has 5 heteroatoms. The first-order chi connectivity index (χ1) is 9.70. The number of benzene rings is 1. The van der Waals surface area contributed by atoms with Gasteiger partial charge in [-0.05, 0) is 43.4 Å². The van der Waals surface area contributed by atoms with Crippen molar-refractivity contribution >= 4 is 17.5 Å². The molecule has 0 spiro atoms. The Morgan fingerprint density at radius 3 is 3.00 bits per heavy atom. The van der Waals surface area contributed by atoms with E-state index in [4.69, 9.17) is 4.74 Å². The van der Waals surface area contributed by atoms with Crippen molar-refractivity contribution in [3.05, 3.63) is 23.8 Å². The predicted molar refractivity (Wildman–Crippen MR) is 72.7 cm³/mol. The molecule has 0 aromatic heterocycles. The molecule has 3 aliphatic rings. The minimum atomic E-state index is -0.159. The van der Waals surface area contributed by atoms with Crippen LogP contribution in [0, 0.1) is 5.92 Å². The zero-order valence-corrected chi connectivity index (χ0v) is 11.1. The fourth-order valence-corrected chi connectivity index (χ4v) is 3.55. The van der Waals surface area contributed by atoms with Gasteiger partial charge in [0.1, 0.15) is 5.75 Å². The number of ether oxygens (including phenoxy) is 1. The number of carbonyl (C=O) groups is 2. The van der Waals surface area contributed by atoms with Crippen LogP contribution in [0.2, 0.25) is 0 Å². The predicted octanol–water partition coefficient (Wildman–Crippen LogP) is 1.64. The Labute approximate surface area is 116 Å². The van der Waals surface area contributed by atoms with E-state index in [1.54, 1.807) is 18.2 Å². The lowest BCUT2D eigenvalue weighted by Crippen LogP contribution is -2.37. The van der Waals surface area contributed by atoms with Crippen molar-refractivity contribution in [3.8, 4) is 5.75 Å². The second-order valence-corrected chi connectivity index (χ2v) is 5.84. The molecule has 20 heavy (non-hydrogen) atoms. The van der Waals surface area contributed by atoms with Crippen LogP contribution in [0.3, 0.4) is 0 Å². The minimum absolute atomic E-state index is 0.0130. The van der Waals surface area contributed by atoms with Crippen LogP contribution in [0.25, 0.3) is 0 Å². The third kappa shape index (κ3) is 1.77. The van der Waals surface area contributed by atoms with Crippen LogP contribution in [0.5, 0.6) is 5.75 Å². The molecule has 2 fully saturated rings. The lowest BCUT2D eigenvalue weighted by Gasteiger charge is -2.27. The van der Waals surface area contributed by atoms with Gasteiger partial charge in [0.15, 0.2) is 6.61 Å². The molecule has 2 amide bonds. The molecule has 2 heterocycles. The van der Waals surface area contributed by atoms with Crippen LogP contribution >= 0.6 is 0 Å². The van der Waals surface area contributed by atoms with Gasteiger partial charge in [-0.3, -0.25) is 9.59 Å². The minimum Gasteiger partial charge on any atom is -0.482 e. The summed E-state index contributed by atoms with van der Waals surface area (Å²) >= 11 is 0. The molecule has 1 N–H and O–H groups in total. The van der Waals surface area contributed by atoms with E-state index in [-0.39, 0.29) is 18.4 Å². The molecule has 1 aromatic carbocycles. The normalized spacial score (nSPS) is 27.0. The van der Waals surface area contributed by atoms with Crippen LogP contribution in [-0.4, -0.2) is 35.9 Å². The Bertz CT molecular complexity index is 599. The Hall–Kier alpha value is -2.04. The number of amides is 2. The molecule has 2 unspecified atom stereocenters. The van der Waals surface area contributed by atoms with Crippen molar-refractivity contribution in [2.24, 2.45) is 5.92 Å². The van der Waals surface area contributed by atoms with Crippen molar-refractivity contribution in [2.75, 3.05) is 18.5 Å². The lowest BCUT2D eigenvalue weighted by atomic mass is 10.1. The number of hydrogen-bond acceptors (Lipinski definition) is 3. The maximum Gasteiger partial charge on any atom is 0.262 e. The second kappa shape index (κ2) is 4.23. The molecular weight excluding hydrogens is 256 g/mol. The topological polar surface area (TPSA) is 58.6 Å². The van der Waals surface area contributed by atoms with E-state index in [9.17, 15) is 9.59 Å². The summed E-state index contributed by atoms with van der Waals surface area (Å²) in [5, 5.41) is 2.73. The Kier molecular flexibility index (Phi) is 2.49. The van der Waals surface area contributed by atoms with E-state index in [1.165, 1.54) is 6.42 Å². The quantitative estimate of drug-likeness (QED) is 0.845. The molecular formula is C15H16N2O3. The largest absolute Gasteiger partial charge is 0.482 e. The van der Waals surface area contributed by atoms with Gasteiger partial charge in [-0.1, -0.05) is 0 Å². The van der Waals surface area contributed by atoms with Crippen LogP contribution in [0.15, 0.2) is 18.2 Å². The Morgan fingerprint density at radius 1 is 1.35 bits per heavy atom. The van der Waals surface area contributed by atoms with Crippen molar-refractivity contribution in [2.45, 2.75) is 25.3 Å². The summed E-state index contributed by atoms with van der Waals surface area (Å²) < 4.78 is 5.37. The molecule has 104 valence electrons. The van der Waals surface area contributed by atoms with E-state index in [1.807, 2.05) is 4.90 Å². The summed E-state index contributed by atoms with van der Waals surface area (Å²) in [7, 11) is 0. The maximum absolute atomic E-state index is 12.6. The van der Waals surface area contributed by atoms with Crippen LogP contribution < -0.4 is 10.1 Å². The zero-order valence-electron chi connectivity index (χ0n) is 11.1. The highest BCUT2D eigenvalue weighted by Crippen LogP contribution is 2.38. The van der Waals surface area contributed by atoms with E-state index in [0.29, 0.717) is 29.0 Å². The van der Waals surface area contributed by atoms with Gasteiger partial charge in [0.2, 0.25) is 0 Å². The van der Waals surface area contributed by atoms with E-state index >= 15 is 0 Å². The number of fused-ring (bicyclic) bond motifs is 3. The number of nitrogens with one attached hydrogen (secondary N) is 1. The summed E-state index contributed by atoms with van der Waals surface area (Å²) in [5.74, 6) is 1.20. The first-order valence-corrected chi connectivity index (χ1v) is 7.08. The lowest BCUT2D eigenvalue weighted by molar-refractivity contribution is -0.118. The average molecular weight is 272 g/mol. The molecule has 0 radical (unpaired) electrons. The van der Waals surface area contributed by atoms with Crippen LogP contribution in [0.1, 0.15) is 29.6 Å². The molecule has 4 rings (SSSR count). The summed E-state index contributed by atoms with van der Waals surface area (Å²) in [4.78, 5) is 25.8. The standard InChI is InChI=1S/C15H16N2O3/c18-14-8-20-13-6-10(2-4-12(13)16-14)15(19)17-7-9-1-3-11(17)5-9/h2,4,6,9,11H,1,3,5,7-8H2,(H,16,18). The van der Waals surface area contributed by atoms with Gasteiger partial charge in [-0.25, -0.2) is 0 Å². The number of anilines is 1.